The number of halogens is 1. The van der Waals surface area contributed by atoms with Crippen LogP contribution in [0.1, 0.15) is 12.5 Å². The van der Waals surface area contributed by atoms with Gasteiger partial charge in [-0.25, -0.2) is 4.39 Å². The molecule has 0 saturated carbocycles. The molecule has 1 aliphatic heterocycles. The van der Waals surface area contributed by atoms with Crippen LogP contribution in [0, 0.1) is 5.82 Å². The summed E-state index contributed by atoms with van der Waals surface area (Å²) in [6.07, 6.45) is 1.02. The highest BCUT2D eigenvalue weighted by atomic mass is 19.1. The van der Waals surface area contributed by atoms with Crippen LogP contribution in [0.25, 0.3) is 0 Å². The molecule has 1 aliphatic rings. The lowest BCUT2D eigenvalue weighted by atomic mass is 9.98. The lowest BCUT2D eigenvalue weighted by molar-refractivity contribution is 0.602. The summed E-state index contributed by atoms with van der Waals surface area (Å²) < 4.78 is 13.1. The zero-order valence-electron chi connectivity index (χ0n) is 11.6. The van der Waals surface area contributed by atoms with Crippen molar-refractivity contribution in [3.05, 3.63) is 59.9 Å². The van der Waals surface area contributed by atoms with E-state index in [2.05, 4.69) is 41.4 Å². The molecule has 1 N–H and O–H groups in total. The van der Waals surface area contributed by atoms with Crippen LogP contribution in [-0.2, 0) is 6.42 Å². The Morgan fingerprint density at radius 1 is 1.15 bits per heavy atom. The zero-order valence-corrected chi connectivity index (χ0v) is 11.6. The fourth-order valence-electron chi connectivity index (χ4n) is 2.93. The van der Waals surface area contributed by atoms with E-state index in [4.69, 9.17) is 0 Å². The van der Waals surface area contributed by atoms with Gasteiger partial charge in [0.15, 0.2) is 0 Å². The van der Waals surface area contributed by atoms with Gasteiger partial charge in [0.1, 0.15) is 5.82 Å². The third-order valence-electron chi connectivity index (χ3n) is 3.94. The van der Waals surface area contributed by atoms with Gasteiger partial charge in [-0.15, -0.1) is 0 Å². The van der Waals surface area contributed by atoms with E-state index in [0.29, 0.717) is 6.04 Å². The first-order valence-electron chi connectivity index (χ1n) is 7.12. The summed E-state index contributed by atoms with van der Waals surface area (Å²) in [5, 5.41) is 3.49. The smallest absolute Gasteiger partial charge is 0.123 e. The quantitative estimate of drug-likeness (QED) is 0.915. The molecule has 3 rings (SSSR count). The topological polar surface area (TPSA) is 15.3 Å². The Kier molecular flexibility index (Phi) is 3.59. The van der Waals surface area contributed by atoms with Gasteiger partial charge in [-0.1, -0.05) is 18.2 Å². The summed E-state index contributed by atoms with van der Waals surface area (Å²) in [5.41, 5.74) is 3.67. The number of para-hydroxylation sites is 1. The third-order valence-corrected chi connectivity index (χ3v) is 3.94. The van der Waals surface area contributed by atoms with Crippen LogP contribution >= 0.6 is 0 Å². The molecule has 0 radical (unpaired) electrons. The fraction of sp³-hybridized carbons (Fsp3) is 0.294. The monoisotopic (exact) mass is 270 g/mol. The van der Waals surface area contributed by atoms with Crippen LogP contribution in [0.3, 0.4) is 0 Å². The number of nitrogens with zero attached hydrogens (tertiary/aromatic N) is 1. The fourth-order valence-corrected chi connectivity index (χ4v) is 2.93. The molecule has 1 unspecified atom stereocenters. The van der Waals surface area contributed by atoms with Gasteiger partial charge in [0.05, 0.1) is 6.04 Å². The Bertz CT molecular complexity index is 580. The minimum atomic E-state index is -0.183. The normalized spacial score (nSPS) is 17.2. The Balaban J connectivity index is 1.83. The number of hydrogen-bond donors (Lipinski definition) is 1. The number of nitrogens with one attached hydrogen (secondary N) is 1. The van der Waals surface area contributed by atoms with Crippen molar-refractivity contribution in [2.75, 3.05) is 23.3 Å². The van der Waals surface area contributed by atoms with Crippen molar-refractivity contribution in [2.24, 2.45) is 0 Å². The lowest BCUT2D eigenvalue weighted by Gasteiger charge is -2.36. The number of fused-ring (bicyclic) bond motifs is 1. The summed E-state index contributed by atoms with van der Waals surface area (Å²) in [7, 11) is 0. The molecule has 2 aromatic carbocycles. The number of anilines is 2. The van der Waals surface area contributed by atoms with Crippen molar-refractivity contribution in [1.29, 1.82) is 0 Å². The standard InChI is InChI=1S/C17H19FN2/c1-2-20(15-9-7-14(18)8-10-15)16-11-13-5-3-4-6-17(13)19-12-16/h3-10,16,19H,2,11-12H2,1H3. The summed E-state index contributed by atoms with van der Waals surface area (Å²) in [6, 6.07) is 15.6. The molecule has 0 amide bonds. The molecule has 1 heterocycles. The van der Waals surface area contributed by atoms with E-state index in [1.807, 2.05) is 12.1 Å². The second-order valence-corrected chi connectivity index (χ2v) is 5.16. The van der Waals surface area contributed by atoms with Gasteiger partial charge in [-0.3, -0.25) is 0 Å². The number of likely N-dealkylation sites (N-methyl/N-ethyl adjacent to an activating group) is 1. The van der Waals surface area contributed by atoms with Crippen LogP contribution < -0.4 is 10.2 Å². The molecule has 1 atom stereocenters. The van der Waals surface area contributed by atoms with Crippen molar-refractivity contribution in [2.45, 2.75) is 19.4 Å². The molecule has 3 heteroatoms. The second kappa shape index (κ2) is 5.53. The molecular weight excluding hydrogens is 251 g/mol. The maximum atomic E-state index is 13.1. The molecule has 20 heavy (non-hydrogen) atoms. The van der Waals surface area contributed by atoms with Crippen molar-refractivity contribution in [1.82, 2.24) is 0 Å². The number of benzene rings is 2. The van der Waals surface area contributed by atoms with Crippen LogP contribution in [-0.4, -0.2) is 19.1 Å². The first-order valence-corrected chi connectivity index (χ1v) is 7.12. The molecule has 0 bridgehead atoms. The lowest BCUT2D eigenvalue weighted by Crippen LogP contribution is -2.44. The van der Waals surface area contributed by atoms with Gasteiger partial charge >= 0.3 is 0 Å². The minimum absolute atomic E-state index is 0.183. The average Bonchev–Trinajstić information content (AvgIpc) is 2.50. The number of rotatable bonds is 3. The van der Waals surface area contributed by atoms with Gasteiger partial charge in [-0.2, -0.15) is 0 Å². The minimum Gasteiger partial charge on any atom is -0.383 e. The number of hydrogen-bond acceptors (Lipinski definition) is 2. The summed E-state index contributed by atoms with van der Waals surface area (Å²) >= 11 is 0. The highest BCUT2D eigenvalue weighted by molar-refractivity contribution is 5.56. The third kappa shape index (κ3) is 2.48. The van der Waals surface area contributed by atoms with E-state index in [9.17, 15) is 4.39 Å². The second-order valence-electron chi connectivity index (χ2n) is 5.16. The summed E-state index contributed by atoms with van der Waals surface area (Å²) in [4.78, 5) is 2.34. The molecule has 2 nitrogen and oxygen atoms in total. The van der Waals surface area contributed by atoms with Gasteiger partial charge in [0.2, 0.25) is 0 Å². The first kappa shape index (κ1) is 13.0. The van der Waals surface area contributed by atoms with Gasteiger partial charge in [0, 0.05) is 24.5 Å². The maximum absolute atomic E-state index is 13.1. The van der Waals surface area contributed by atoms with Crippen molar-refractivity contribution in [3.8, 4) is 0 Å². The molecule has 104 valence electrons. The molecule has 0 saturated heterocycles. The maximum Gasteiger partial charge on any atom is 0.123 e. The SMILES string of the molecule is CCN(c1ccc(F)cc1)C1CNc2ccccc2C1. The molecule has 0 aromatic heterocycles. The van der Waals surface area contributed by atoms with Crippen molar-refractivity contribution < 1.29 is 4.39 Å². The summed E-state index contributed by atoms with van der Waals surface area (Å²) in [6.45, 7) is 3.98. The summed E-state index contributed by atoms with van der Waals surface area (Å²) in [5.74, 6) is -0.183. The molecule has 0 aliphatic carbocycles. The van der Waals surface area contributed by atoms with Gasteiger partial charge < -0.3 is 10.2 Å². The average molecular weight is 270 g/mol. The molecule has 2 aromatic rings. The van der Waals surface area contributed by atoms with E-state index in [-0.39, 0.29) is 5.82 Å². The molecule has 0 fully saturated rings. The Hall–Kier alpha value is -2.03. The molecule has 0 spiro atoms. The van der Waals surface area contributed by atoms with Crippen molar-refractivity contribution in [3.63, 3.8) is 0 Å². The zero-order chi connectivity index (χ0) is 13.9. The van der Waals surface area contributed by atoms with E-state index in [0.717, 1.165) is 25.2 Å². The highest BCUT2D eigenvalue weighted by Gasteiger charge is 2.23. The van der Waals surface area contributed by atoms with Crippen molar-refractivity contribution >= 4 is 11.4 Å². The van der Waals surface area contributed by atoms with E-state index in [1.165, 1.54) is 23.4 Å². The van der Waals surface area contributed by atoms with Crippen LogP contribution in [0.2, 0.25) is 0 Å². The van der Waals surface area contributed by atoms with Crippen LogP contribution in [0.5, 0.6) is 0 Å². The van der Waals surface area contributed by atoms with E-state index >= 15 is 0 Å². The predicted molar refractivity (Wildman–Crippen MR) is 81.8 cm³/mol. The predicted octanol–water partition coefficient (Wildman–Crippen LogP) is 3.69. The molecular formula is C17H19FN2. The van der Waals surface area contributed by atoms with E-state index < -0.39 is 0 Å². The first-order chi connectivity index (χ1) is 9.78. The Morgan fingerprint density at radius 3 is 2.65 bits per heavy atom. The van der Waals surface area contributed by atoms with Crippen LogP contribution in [0.15, 0.2) is 48.5 Å². The van der Waals surface area contributed by atoms with E-state index in [1.54, 1.807) is 0 Å². The highest BCUT2D eigenvalue weighted by Crippen LogP contribution is 2.26. The van der Waals surface area contributed by atoms with Crippen LogP contribution in [0.4, 0.5) is 15.8 Å². The Morgan fingerprint density at radius 2 is 1.90 bits per heavy atom. The van der Waals surface area contributed by atoms with Gasteiger partial charge in [-0.05, 0) is 49.2 Å². The largest absolute Gasteiger partial charge is 0.383 e. The van der Waals surface area contributed by atoms with Gasteiger partial charge in [0.25, 0.3) is 0 Å². The Labute approximate surface area is 119 Å².